The van der Waals surface area contributed by atoms with Gasteiger partial charge in [0, 0.05) is 6.04 Å². The number of carboxylic acids is 1. The van der Waals surface area contributed by atoms with Gasteiger partial charge < -0.3 is 19.9 Å². The van der Waals surface area contributed by atoms with Crippen molar-refractivity contribution in [1.82, 2.24) is 5.32 Å². The molecule has 0 aliphatic heterocycles. The van der Waals surface area contributed by atoms with E-state index in [0.717, 1.165) is 25.7 Å². The lowest BCUT2D eigenvalue weighted by Gasteiger charge is -2.30. The molecule has 1 aliphatic carbocycles. The molecular formula is C19H27NO5. The zero-order chi connectivity index (χ0) is 18.4. The van der Waals surface area contributed by atoms with Crippen molar-refractivity contribution in [3.63, 3.8) is 0 Å². The minimum absolute atomic E-state index is 0.140. The van der Waals surface area contributed by atoms with Gasteiger partial charge in [0.25, 0.3) is 0 Å². The fourth-order valence-corrected chi connectivity index (χ4v) is 2.88. The summed E-state index contributed by atoms with van der Waals surface area (Å²) in [5.41, 5.74) is -0.262. The topological polar surface area (TPSA) is 84.9 Å². The van der Waals surface area contributed by atoms with Gasteiger partial charge in [-0.1, -0.05) is 6.07 Å². The van der Waals surface area contributed by atoms with Gasteiger partial charge in [-0.3, -0.25) is 0 Å². The number of nitrogens with one attached hydrogen (secondary N) is 1. The molecule has 0 unspecified atom stereocenters. The number of ether oxygens (including phenoxy) is 2. The van der Waals surface area contributed by atoms with Crippen LogP contribution in [0.15, 0.2) is 24.3 Å². The van der Waals surface area contributed by atoms with Crippen LogP contribution in [-0.2, 0) is 4.74 Å². The summed E-state index contributed by atoms with van der Waals surface area (Å²) in [7, 11) is 0. The summed E-state index contributed by atoms with van der Waals surface area (Å²) in [5.74, 6) is 0.0262. The molecule has 1 aliphatic rings. The van der Waals surface area contributed by atoms with E-state index in [0.29, 0.717) is 18.3 Å². The van der Waals surface area contributed by atoms with Gasteiger partial charge in [0.15, 0.2) is 0 Å². The average molecular weight is 349 g/mol. The second-order valence-electron chi connectivity index (χ2n) is 7.51. The van der Waals surface area contributed by atoms with E-state index in [-0.39, 0.29) is 17.7 Å². The zero-order valence-corrected chi connectivity index (χ0v) is 15.1. The van der Waals surface area contributed by atoms with Gasteiger partial charge in [0.1, 0.15) is 11.4 Å². The van der Waals surface area contributed by atoms with Crippen LogP contribution in [0.2, 0.25) is 0 Å². The molecule has 0 saturated heterocycles. The summed E-state index contributed by atoms with van der Waals surface area (Å²) >= 11 is 0. The molecule has 0 aromatic heterocycles. The minimum atomic E-state index is -0.959. The Morgan fingerprint density at radius 2 is 1.88 bits per heavy atom. The molecule has 1 aromatic carbocycles. The molecule has 1 fully saturated rings. The number of carbonyl (C=O) groups is 2. The highest BCUT2D eigenvalue weighted by Crippen LogP contribution is 2.26. The Balaban J connectivity index is 1.73. The summed E-state index contributed by atoms with van der Waals surface area (Å²) in [6.07, 6.45) is 3.33. The Morgan fingerprint density at radius 1 is 1.20 bits per heavy atom. The third-order valence-electron chi connectivity index (χ3n) is 4.13. The van der Waals surface area contributed by atoms with Crippen LogP contribution in [0.5, 0.6) is 5.75 Å². The lowest BCUT2D eigenvalue weighted by Crippen LogP contribution is -2.41. The first-order valence-electron chi connectivity index (χ1n) is 8.68. The second-order valence-corrected chi connectivity index (χ2v) is 7.51. The third-order valence-corrected chi connectivity index (χ3v) is 4.13. The molecule has 0 bridgehead atoms. The van der Waals surface area contributed by atoms with E-state index in [9.17, 15) is 9.59 Å². The number of aromatic carboxylic acids is 1. The first kappa shape index (κ1) is 19.1. The fourth-order valence-electron chi connectivity index (χ4n) is 2.88. The molecule has 2 rings (SSSR count). The van der Waals surface area contributed by atoms with Gasteiger partial charge in [-0.05, 0) is 70.6 Å². The molecule has 0 radical (unpaired) electrons. The highest BCUT2D eigenvalue weighted by Gasteiger charge is 2.25. The van der Waals surface area contributed by atoms with Gasteiger partial charge >= 0.3 is 12.1 Å². The van der Waals surface area contributed by atoms with Crippen LogP contribution in [0.3, 0.4) is 0 Å². The predicted octanol–water partition coefficient (Wildman–Crippen LogP) is 3.85. The first-order valence-corrected chi connectivity index (χ1v) is 8.68. The van der Waals surface area contributed by atoms with Gasteiger partial charge in [-0.2, -0.15) is 0 Å². The molecule has 2 N–H and O–H groups in total. The normalized spacial score (nSPS) is 20.6. The molecule has 6 nitrogen and oxygen atoms in total. The summed E-state index contributed by atoms with van der Waals surface area (Å²) in [6, 6.07) is 6.67. The van der Waals surface area contributed by atoms with Crippen molar-refractivity contribution in [3.8, 4) is 5.75 Å². The number of rotatable bonds is 5. The number of benzene rings is 1. The van der Waals surface area contributed by atoms with Crippen molar-refractivity contribution >= 4 is 12.1 Å². The van der Waals surface area contributed by atoms with E-state index >= 15 is 0 Å². The summed E-state index contributed by atoms with van der Waals surface area (Å²) in [6.45, 7) is 6.10. The van der Waals surface area contributed by atoms with Gasteiger partial charge in [-0.15, -0.1) is 0 Å². The fraction of sp³-hybridized carbons (Fsp3) is 0.579. The third kappa shape index (κ3) is 6.64. The van der Waals surface area contributed by atoms with E-state index in [1.807, 2.05) is 20.8 Å². The van der Waals surface area contributed by atoms with Gasteiger partial charge in [0.2, 0.25) is 0 Å². The number of amides is 1. The second kappa shape index (κ2) is 8.23. The average Bonchev–Trinajstić information content (AvgIpc) is 2.52. The Labute approximate surface area is 148 Å². The van der Waals surface area contributed by atoms with E-state index < -0.39 is 11.6 Å². The van der Waals surface area contributed by atoms with Crippen LogP contribution >= 0.6 is 0 Å². The van der Waals surface area contributed by atoms with E-state index in [1.165, 1.54) is 6.07 Å². The molecule has 1 saturated carbocycles. The van der Waals surface area contributed by atoms with E-state index in [4.69, 9.17) is 14.6 Å². The molecule has 1 aromatic rings. The molecule has 138 valence electrons. The zero-order valence-electron chi connectivity index (χ0n) is 15.1. The lowest BCUT2D eigenvalue weighted by molar-refractivity contribution is 0.0482. The van der Waals surface area contributed by atoms with Gasteiger partial charge in [0.05, 0.1) is 12.2 Å². The van der Waals surface area contributed by atoms with Gasteiger partial charge in [-0.25, -0.2) is 9.59 Å². The van der Waals surface area contributed by atoms with E-state index in [1.54, 1.807) is 18.2 Å². The lowest BCUT2D eigenvalue weighted by atomic mass is 9.86. The van der Waals surface area contributed by atoms with Crippen LogP contribution in [-0.4, -0.2) is 35.4 Å². The highest BCUT2D eigenvalue weighted by atomic mass is 16.6. The molecule has 6 heteroatoms. The molecular weight excluding hydrogens is 322 g/mol. The molecule has 25 heavy (non-hydrogen) atoms. The molecule has 0 heterocycles. The Morgan fingerprint density at radius 3 is 2.48 bits per heavy atom. The number of carboxylic acid groups (broad SMARTS) is 1. The largest absolute Gasteiger partial charge is 0.493 e. The van der Waals surface area contributed by atoms with Crippen molar-refractivity contribution < 1.29 is 24.2 Å². The van der Waals surface area contributed by atoms with Crippen molar-refractivity contribution in [1.29, 1.82) is 0 Å². The quantitative estimate of drug-likeness (QED) is 0.843. The van der Waals surface area contributed by atoms with Crippen molar-refractivity contribution in [3.05, 3.63) is 29.8 Å². The smallest absolute Gasteiger partial charge is 0.407 e. The molecule has 1 amide bonds. The minimum Gasteiger partial charge on any atom is -0.493 e. The van der Waals surface area contributed by atoms with Crippen LogP contribution in [0.25, 0.3) is 0 Å². The number of alkyl carbamates (subject to hydrolysis) is 1. The van der Waals surface area contributed by atoms with E-state index in [2.05, 4.69) is 5.32 Å². The number of hydrogen-bond acceptors (Lipinski definition) is 4. The predicted molar refractivity (Wildman–Crippen MR) is 94.0 cm³/mol. The Hall–Kier alpha value is -2.24. The van der Waals surface area contributed by atoms with Crippen LogP contribution in [0, 0.1) is 5.92 Å². The standard InChI is InChI=1S/C19H27NO5/c1-19(2,3)25-18(23)20-15-9-7-13(8-10-15)12-24-16-6-4-5-14(11-16)17(21)22/h4-6,11,13,15H,7-10,12H2,1-3H3,(H,20,23)(H,21,22). The maximum absolute atomic E-state index is 11.8. The van der Waals surface area contributed by atoms with Crippen LogP contribution in [0.1, 0.15) is 56.8 Å². The molecule has 0 spiro atoms. The monoisotopic (exact) mass is 349 g/mol. The summed E-state index contributed by atoms with van der Waals surface area (Å²) in [5, 5.41) is 11.9. The maximum Gasteiger partial charge on any atom is 0.407 e. The Bertz CT molecular complexity index is 600. The van der Waals surface area contributed by atoms with Crippen molar-refractivity contribution in [2.24, 2.45) is 5.92 Å². The Kier molecular flexibility index (Phi) is 6.28. The van der Waals surface area contributed by atoms with Crippen LogP contribution in [0.4, 0.5) is 4.79 Å². The maximum atomic E-state index is 11.8. The highest BCUT2D eigenvalue weighted by molar-refractivity contribution is 5.87. The molecule has 0 atom stereocenters. The number of hydrogen-bond donors (Lipinski definition) is 2. The van der Waals surface area contributed by atoms with Crippen LogP contribution < -0.4 is 10.1 Å². The van der Waals surface area contributed by atoms with Crippen molar-refractivity contribution in [2.45, 2.75) is 58.1 Å². The summed E-state index contributed by atoms with van der Waals surface area (Å²) in [4.78, 5) is 22.8. The SMILES string of the molecule is CC(C)(C)OC(=O)NC1CCC(COc2cccc(C(=O)O)c2)CC1. The first-order chi connectivity index (χ1) is 11.7. The summed E-state index contributed by atoms with van der Waals surface area (Å²) < 4.78 is 11.0. The number of carbonyl (C=O) groups excluding carboxylic acids is 1. The van der Waals surface area contributed by atoms with Crippen molar-refractivity contribution in [2.75, 3.05) is 6.61 Å².